The zero-order chi connectivity index (χ0) is 13.5. The Morgan fingerprint density at radius 1 is 1.32 bits per heavy atom. The third-order valence-corrected chi connectivity index (χ3v) is 3.87. The fourth-order valence-corrected chi connectivity index (χ4v) is 2.76. The van der Waals surface area contributed by atoms with Crippen LogP contribution >= 0.6 is 0 Å². The topological polar surface area (TPSA) is 24.5 Å². The fraction of sp³-hybridized carbons (Fsp3) is 0.625. The highest BCUT2D eigenvalue weighted by Gasteiger charge is 2.19. The van der Waals surface area contributed by atoms with Gasteiger partial charge in [-0.1, -0.05) is 19.1 Å². The molecule has 3 heteroatoms. The van der Waals surface area contributed by atoms with Crippen molar-refractivity contribution >= 4 is 0 Å². The van der Waals surface area contributed by atoms with Crippen molar-refractivity contribution in [3.8, 4) is 5.75 Å². The third kappa shape index (κ3) is 4.51. The summed E-state index contributed by atoms with van der Waals surface area (Å²) in [5.41, 5.74) is 1.25. The van der Waals surface area contributed by atoms with Crippen LogP contribution in [0.2, 0.25) is 0 Å². The Kier molecular flexibility index (Phi) is 5.67. The molecule has 1 N–H and O–H groups in total. The summed E-state index contributed by atoms with van der Waals surface area (Å²) in [5, 5.41) is 3.42. The van der Waals surface area contributed by atoms with Crippen LogP contribution in [-0.2, 0) is 0 Å². The SMILES string of the molecule is CCN(CCOc1cccc(C)c1)C1CCNCC1. The van der Waals surface area contributed by atoms with E-state index in [1.807, 2.05) is 6.07 Å². The molecule has 1 saturated heterocycles. The minimum absolute atomic E-state index is 0.729. The highest BCUT2D eigenvalue weighted by molar-refractivity contribution is 5.27. The number of aryl methyl sites for hydroxylation is 1. The lowest BCUT2D eigenvalue weighted by atomic mass is 10.1. The number of ether oxygens (including phenoxy) is 1. The van der Waals surface area contributed by atoms with Gasteiger partial charge in [0.15, 0.2) is 0 Å². The summed E-state index contributed by atoms with van der Waals surface area (Å²) in [6, 6.07) is 9.01. The van der Waals surface area contributed by atoms with Gasteiger partial charge in [0.2, 0.25) is 0 Å². The molecule has 0 saturated carbocycles. The Bertz CT molecular complexity index is 375. The second kappa shape index (κ2) is 7.51. The summed E-state index contributed by atoms with van der Waals surface area (Å²) in [7, 11) is 0. The highest BCUT2D eigenvalue weighted by atomic mass is 16.5. The van der Waals surface area contributed by atoms with Crippen LogP contribution in [-0.4, -0.2) is 43.7 Å². The second-order valence-corrected chi connectivity index (χ2v) is 5.27. The predicted molar refractivity (Wildman–Crippen MR) is 79.8 cm³/mol. The van der Waals surface area contributed by atoms with Gasteiger partial charge in [-0.3, -0.25) is 4.90 Å². The number of hydrogen-bond acceptors (Lipinski definition) is 3. The van der Waals surface area contributed by atoms with Gasteiger partial charge in [0.25, 0.3) is 0 Å². The number of rotatable bonds is 6. The van der Waals surface area contributed by atoms with Crippen LogP contribution in [0.5, 0.6) is 5.75 Å². The molecule has 1 aromatic carbocycles. The van der Waals surface area contributed by atoms with Crippen LogP contribution < -0.4 is 10.1 Å². The zero-order valence-electron chi connectivity index (χ0n) is 12.2. The molecule has 1 aliphatic rings. The quantitative estimate of drug-likeness (QED) is 0.852. The first-order chi connectivity index (χ1) is 9.29. The molecule has 2 rings (SSSR count). The van der Waals surface area contributed by atoms with Crippen LogP contribution in [0.3, 0.4) is 0 Å². The normalized spacial score (nSPS) is 16.8. The lowest BCUT2D eigenvalue weighted by molar-refractivity contribution is 0.141. The maximum Gasteiger partial charge on any atom is 0.119 e. The molecule has 0 aliphatic carbocycles. The van der Waals surface area contributed by atoms with E-state index in [1.54, 1.807) is 0 Å². The molecule has 3 nitrogen and oxygen atoms in total. The fourth-order valence-electron chi connectivity index (χ4n) is 2.76. The van der Waals surface area contributed by atoms with E-state index < -0.39 is 0 Å². The van der Waals surface area contributed by atoms with E-state index in [1.165, 1.54) is 18.4 Å². The molecule has 0 aromatic heterocycles. The molecular weight excluding hydrogens is 236 g/mol. The summed E-state index contributed by atoms with van der Waals surface area (Å²) in [5.74, 6) is 0.987. The van der Waals surface area contributed by atoms with Crippen molar-refractivity contribution in [2.24, 2.45) is 0 Å². The van der Waals surface area contributed by atoms with Gasteiger partial charge in [0, 0.05) is 12.6 Å². The molecule has 0 bridgehead atoms. The van der Waals surface area contributed by atoms with Crippen molar-refractivity contribution in [3.05, 3.63) is 29.8 Å². The van der Waals surface area contributed by atoms with Crippen LogP contribution in [0, 0.1) is 6.92 Å². The minimum atomic E-state index is 0.729. The molecule has 0 unspecified atom stereocenters. The lowest BCUT2D eigenvalue weighted by Gasteiger charge is -2.33. The first-order valence-electron chi connectivity index (χ1n) is 7.44. The number of hydrogen-bond donors (Lipinski definition) is 1. The molecule has 0 radical (unpaired) electrons. The van der Waals surface area contributed by atoms with Crippen molar-refractivity contribution in [2.75, 3.05) is 32.8 Å². The molecular formula is C16H26N2O. The Balaban J connectivity index is 1.76. The number of piperidine rings is 1. The zero-order valence-corrected chi connectivity index (χ0v) is 12.2. The Labute approximate surface area is 116 Å². The number of benzene rings is 1. The number of nitrogens with one attached hydrogen (secondary N) is 1. The van der Waals surface area contributed by atoms with Gasteiger partial charge in [-0.05, 0) is 57.1 Å². The summed E-state index contributed by atoms with van der Waals surface area (Å²) >= 11 is 0. The van der Waals surface area contributed by atoms with Gasteiger partial charge < -0.3 is 10.1 Å². The van der Waals surface area contributed by atoms with Crippen LogP contribution in [0.4, 0.5) is 0 Å². The molecule has 1 fully saturated rings. The van der Waals surface area contributed by atoms with E-state index in [4.69, 9.17) is 4.74 Å². The van der Waals surface area contributed by atoms with Crippen molar-refractivity contribution in [1.82, 2.24) is 10.2 Å². The van der Waals surface area contributed by atoms with E-state index in [-0.39, 0.29) is 0 Å². The molecule has 0 spiro atoms. The molecule has 19 heavy (non-hydrogen) atoms. The van der Waals surface area contributed by atoms with E-state index in [0.29, 0.717) is 0 Å². The second-order valence-electron chi connectivity index (χ2n) is 5.27. The summed E-state index contributed by atoms with van der Waals surface area (Å²) in [4.78, 5) is 2.55. The van der Waals surface area contributed by atoms with Crippen molar-refractivity contribution in [3.63, 3.8) is 0 Å². The van der Waals surface area contributed by atoms with E-state index >= 15 is 0 Å². The summed E-state index contributed by atoms with van der Waals surface area (Å²) < 4.78 is 5.85. The molecule has 1 aliphatic heterocycles. The average molecular weight is 262 g/mol. The van der Waals surface area contributed by atoms with Crippen LogP contribution in [0.15, 0.2) is 24.3 Å². The van der Waals surface area contributed by atoms with Gasteiger partial charge >= 0.3 is 0 Å². The van der Waals surface area contributed by atoms with Gasteiger partial charge in [0.1, 0.15) is 12.4 Å². The first-order valence-corrected chi connectivity index (χ1v) is 7.44. The number of likely N-dealkylation sites (N-methyl/N-ethyl adjacent to an activating group) is 1. The Hall–Kier alpha value is -1.06. The molecule has 106 valence electrons. The van der Waals surface area contributed by atoms with Crippen molar-refractivity contribution in [2.45, 2.75) is 32.7 Å². The Morgan fingerprint density at radius 2 is 2.11 bits per heavy atom. The van der Waals surface area contributed by atoms with E-state index in [0.717, 1.165) is 44.6 Å². The van der Waals surface area contributed by atoms with Gasteiger partial charge in [-0.15, -0.1) is 0 Å². The largest absolute Gasteiger partial charge is 0.492 e. The minimum Gasteiger partial charge on any atom is -0.492 e. The molecule has 0 atom stereocenters. The van der Waals surface area contributed by atoms with E-state index in [2.05, 4.69) is 42.3 Å². The third-order valence-electron chi connectivity index (χ3n) is 3.87. The maximum absolute atomic E-state index is 5.85. The first kappa shape index (κ1) is 14.4. The van der Waals surface area contributed by atoms with E-state index in [9.17, 15) is 0 Å². The van der Waals surface area contributed by atoms with Crippen molar-refractivity contribution in [1.29, 1.82) is 0 Å². The van der Waals surface area contributed by atoms with Crippen LogP contribution in [0.25, 0.3) is 0 Å². The maximum atomic E-state index is 5.85. The molecule has 0 amide bonds. The van der Waals surface area contributed by atoms with Gasteiger partial charge in [0.05, 0.1) is 0 Å². The molecule has 1 aromatic rings. The highest BCUT2D eigenvalue weighted by Crippen LogP contribution is 2.14. The standard InChI is InChI=1S/C16H26N2O/c1-3-18(15-7-9-17-10-8-15)11-12-19-16-6-4-5-14(2)13-16/h4-6,13,15,17H,3,7-12H2,1-2H3. The monoisotopic (exact) mass is 262 g/mol. The van der Waals surface area contributed by atoms with Crippen LogP contribution in [0.1, 0.15) is 25.3 Å². The average Bonchev–Trinajstić information content (AvgIpc) is 2.45. The summed E-state index contributed by atoms with van der Waals surface area (Å²) in [6.07, 6.45) is 2.52. The summed E-state index contributed by atoms with van der Waals surface area (Å²) in [6.45, 7) is 9.56. The predicted octanol–water partition coefficient (Wildman–Crippen LogP) is 2.45. The number of nitrogens with zero attached hydrogens (tertiary/aromatic N) is 1. The Morgan fingerprint density at radius 3 is 2.79 bits per heavy atom. The molecule has 1 heterocycles. The van der Waals surface area contributed by atoms with Gasteiger partial charge in [-0.2, -0.15) is 0 Å². The lowest BCUT2D eigenvalue weighted by Crippen LogP contribution is -2.44. The smallest absolute Gasteiger partial charge is 0.119 e. The van der Waals surface area contributed by atoms with Crippen molar-refractivity contribution < 1.29 is 4.74 Å². The van der Waals surface area contributed by atoms with Gasteiger partial charge in [-0.25, -0.2) is 0 Å².